The van der Waals surface area contributed by atoms with Crippen LogP contribution >= 0.6 is 11.3 Å². The van der Waals surface area contributed by atoms with Crippen LogP contribution in [0.3, 0.4) is 0 Å². The largest absolute Gasteiger partial charge is 0.352 e. The van der Waals surface area contributed by atoms with Crippen LogP contribution in [0.1, 0.15) is 60.2 Å². The number of hydrogen-bond donors (Lipinski definition) is 2. The first-order valence-electron chi connectivity index (χ1n) is 14.1. The molecule has 9 nitrogen and oxygen atoms in total. The first-order chi connectivity index (χ1) is 19.9. The van der Waals surface area contributed by atoms with Crippen LogP contribution in [0.4, 0.5) is 0 Å². The van der Waals surface area contributed by atoms with Crippen molar-refractivity contribution in [2.75, 3.05) is 32.7 Å². The van der Waals surface area contributed by atoms with Crippen LogP contribution in [-0.2, 0) is 0 Å². The number of carbonyl (C=O) groups is 2. The van der Waals surface area contributed by atoms with Crippen molar-refractivity contribution in [1.82, 2.24) is 24.9 Å². The highest BCUT2D eigenvalue weighted by atomic mass is 32.1. The minimum Gasteiger partial charge on any atom is -0.352 e. The van der Waals surface area contributed by atoms with Gasteiger partial charge in [-0.25, -0.2) is 4.98 Å². The zero-order chi connectivity index (χ0) is 28.8. The van der Waals surface area contributed by atoms with E-state index in [0.717, 1.165) is 58.9 Å². The maximum Gasteiger partial charge on any atom is 0.251 e. The summed E-state index contributed by atoms with van der Waals surface area (Å²) in [4.78, 5) is 33.3. The number of rotatable bonds is 14. The molecule has 2 amide bonds. The highest BCUT2D eigenvalue weighted by Crippen LogP contribution is 2.36. The molecule has 2 aromatic carbocycles. The van der Waals surface area contributed by atoms with Crippen LogP contribution < -0.4 is 10.6 Å². The van der Waals surface area contributed by atoms with Crippen molar-refractivity contribution in [3.63, 3.8) is 0 Å². The lowest BCUT2D eigenvalue weighted by molar-refractivity contribution is 0.0943. The van der Waals surface area contributed by atoms with Crippen LogP contribution in [0.2, 0.25) is 0 Å². The maximum atomic E-state index is 12.7. The van der Waals surface area contributed by atoms with Crippen molar-refractivity contribution in [1.29, 1.82) is 0 Å². The van der Waals surface area contributed by atoms with Crippen molar-refractivity contribution in [3.8, 4) is 23.6 Å². The van der Waals surface area contributed by atoms with Crippen molar-refractivity contribution in [2.45, 2.75) is 45.2 Å². The molecule has 0 spiro atoms. The molecular weight excluding hydrogens is 534 g/mol. The summed E-state index contributed by atoms with van der Waals surface area (Å²) in [5.74, 6) is 2.43. The number of benzene rings is 2. The van der Waals surface area contributed by atoms with Crippen LogP contribution in [0.25, 0.3) is 26.4 Å². The molecule has 10 heteroatoms. The summed E-state index contributed by atoms with van der Waals surface area (Å²) < 4.78 is 3.06. The molecule has 0 fully saturated rings. The lowest BCUT2D eigenvalue weighted by Gasteiger charge is -2.17. The van der Waals surface area contributed by atoms with E-state index in [4.69, 9.17) is 11.4 Å². The molecule has 1 aliphatic heterocycles. The number of amides is 2. The summed E-state index contributed by atoms with van der Waals surface area (Å²) >= 11 is 1.55. The molecule has 0 unspecified atom stereocenters. The third kappa shape index (κ3) is 6.64. The molecule has 1 aliphatic rings. The molecule has 4 aromatic rings. The maximum absolute atomic E-state index is 12.7. The normalized spacial score (nSPS) is 13.5. The lowest BCUT2D eigenvalue weighted by Crippen LogP contribution is -2.29. The number of imidazole rings is 1. The van der Waals surface area contributed by atoms with E-state index >= 15 is 0 Å². The quantitative estimate of drug-likeness (QED) is 0.157. The summed E-state index contributed by atoms with van der Waals surface area (Å²) in [6.45, 7) is 8.48. The molecule has 0 saturated heterocycles. The Balaban J connectivity index is 1.18. The van der Waals surface area contributed by atoms with Gasteiger partial charge in [0.05, 0.1) is 15.9 Å². The van der Waals surface area contributed by atoms with Gasteiger partial charge in [0.1, 0.15) is 0 Å². The number of terminal acetylenes is 1. The fourth-order valence-electron chi connectivity index (χ4n) is 4.87. The number of thiazole rings is 1. The van der Waals surface area contributed by atoms with Gasteiger partial charge in [0, 0.05) is 55.2 Å². The lowest BCUT2D eigenvalue weighted by atomic mass is 10.0. The molecule has 0 radical (unpaired) electrons. The number of nitrogens with zero attached hydrogens (tertiary/aromatic N) is 5. The van der Waals surface area contributed by atoms with Crippen molar-refractivity contribution in [2.24, 2.45) is 10.2 Å². The molecule has 212 valence electrons. The van der Waals surface area contributed by atoms with Crippen LogP contribution in [-0.4, -0.2) is 64.5 Å². The highest BCUT2D eigenvalue weighted by molar-refractivity contribution is 7.23. The number of nitrogens with one attached hydrogen (secondary N) is 2. The first kappa shape index (κ1) is 28.5. The van der Waals surface area contributed by atoms with Gasteiger partial charge in [0.15, 0.2) is 10.6 Å². The average molecular weight is 570 g/mol. The Morgan fingerprint density at radius 3 is 2.41 bits per heavy atom. The molecular formula is C31H35N7O2S. The van der Waals surface area contributed by atoms with Gasteiger partial charge < -0.3 is 15.5 Å². The average Bonchev–Trinajstić information content (AvgIpc) is 3.51. The van der Waals surface area contributed by atoms with E-state index in [1.54, 1.807) is 11.3 Å². The third-order valence-electron chi connectivity index (χ3n) is 7.49. The highest BCUT2D eigenvalue weighted by Gasteiger charge is 2.38. The summed E-state index contributed by atoms with van der Waals surface area (Å²) in [6, 6.07) is 13.2. The zero-order valence-corrected chi connectivity index (χ0v) is 24.3. The van der Waals surface area contributed by atoms with Crippen molar-refractivity contribution < 1.29 is 9.59 Å². The Morgan fingerprint density at radius 2 is 1.71 bits per heavy atom. The summed E-state index contributed by atoms with van der Waals surface area (Å²) in [6.07, 6.45) is 10.3. The Hall–Kier alpha value is -4.07. The second kappa shape index (κ2) is 12.6. The molecule has 41 heavy (non-hydrogen) atoms. The van der Waals surface area contributed by atoms with Gasteiger partial charge in [0.25, 0.3) is 11.8 Å². The molecule has 0 aliphatic carbocycles. The third-order valence-corrected chi connectivity index (χ3v) is 8.51. The summed E-state index contributed by atoms with van der Waals surface area (Å²) in [5.41, 5.74) is 3.60. The monoisotopic (exact) mass is 569 g/mol. The molecule has 2 N–H and O–H groups in total. The number of aromatic nitrogens is 2. The Morgan fingerprint density at radius 1 is 1.00 bits per heavy atom. The second-order valence-corrected chi connectivity index (χ2v) is 11.2. The number of carbonyl (C=O) groups excluding carboxylic acids is 2. The van der Waals surface area contributed by atoms with Gasteiger partial charge in [-0.2, -0.15) is 10.2 Å². The van der Waals surface area contributed by atoms with Gasteiger partial charge in [0.2, 0.25) is 0 Å². The van der Waals surface area contributed by atoms with E-state index in [9.17, 15) is 9.59 Å². The molecule has 3 heterocycles. The second-order valence-electron chi connectivity index (χ2n) is 10.2. The summed E-state index contributed by atoms with van der Waals surface area (Å²) in [5, 5.41) is 14.2. The predicted octanol–water partition coefficient (Wildman–Crippen LogP) is 5.37. The smallest absolute Gasteiger partial charge is 0.251 e. The Labute approximate surface area is 244 Å². The van der Waals surface area contributed by atoms with E-state index in [1.807, 2.05) is 53.1 Å². The van der Waals surface area contributed by atoms with Gasteiger partial charge >= 0.3 is 0 Å². The molecule has 2 aromatic heterocycles. The molecule has 5 rings (SSSR count). The van der Waals surface area contributed by atoms with Crippen molar-refractivity contribution in [3.05, 3.63) is 59.8 Å². The number of fused-ring (bicyclic) bond motifs is 3. The van der Waals surface area contributed by atoms with E-state index in [1.165, 1.54) is 0 Å². The SMILES string of the molecule is C#CCCC1(CCNC(=O)c2ccc(-c3cn4c(n3)sc3cc(C(=O)NCCCN(CC)CC)ccc34)cc2)N=N1. The standard InChI is InChI=1S/C31H35N7O2S/c1-4-7-15-31(35-36-31)16-18-33-28(39)23-11-9-22(10-12-23)25-21-38-26-14-13-24(20-27(26)41-30(38)34-25)29(40)32-17-8-19-37(5-2)6-3/h1,9-14,20-21H,5-8,15-19H2,2-3H3,(H,32,40)(H,33,39). The van der Waals surface area contributed by atoms with E-state index in [0.29, 0.717) is 37.1 Å². The van der Waals surface area contributed by atoms with Gasteiger partial charge in [-0.3, -0.25) is 14.0 Å². The van der Waals surface area contributed by atoms with E-state index < -0.39 is 5.66 Å². The van der Waals surface area contributed by atoms with Gasteiger partial charge in [-0.15, -0.1) is 12.3 Å². The number of hydrogen-bond acceptors (Lipinski definition) is 7. The van der Waals surface area contributed by atoms with Crippen molar-refractivity contribution >= 4 is 38.3 Å². The molecule has 0 bridgehead atoms. The molecule has 0 saturated carbocycles. The molecule has 0 atom stereocenters. The zero-order valence-electron chi connectivity index (χ0n) is 23.5. The minimum atomic E-state index is -0.402. The van der Waals surface area contributed by atoms with Crippen LogP contribution in [0, 0.1) is 12.3 Å². The van der Waals surface area contributed by atoms with Crippen LogP contribution in [0.5, 0.6) is 0 Å². The topological polar surface area (TPSA) is 103 Å². The Kier molecular flexibility index (Phi) is 8.76. The fraction of sp³-hybridized carbons (Fsp3) is 0.387. The summed E-state index contributed by atoms with van der Waals surface area (Å²) in [7, 11) is 0. The van der Waals surface area contributed by atoms with Crippen LogP contribution in [0.15, 0.2) is 58.9 Å². The van der Waals surface area contributed by atoms with Gasteiger partial charge in [-0.05, 0) is 56.4 Å². The Bertz CT molecular complexity index is 1600. The fourth-order valence-corrected chi connectivity index (χ4v) is 5.91. The van der Waals surface area contributed by atoms with Gasteiger partial charge in [-0.1, -0.05) is 37.3 Å². The first-order valence-corrected chi connectivity index (χ1v) is 15.0. The van der Waals surface area contributed by atoms with E-state index in [-0.39, 0.29) is 11.8 Å². The van der Waals surface area contributed by atoms with E-state index in [2.05, 4.69) is 45.5 Å². The predicted molar refractivity (Wildman–Crippen MR) is 163 cm³/mol. The minimum absolute atomic E-state index is 0.0526.